The number of carbonyl (C=O) groups is 1. The maximum Gasteiger partial charge on any atom is 0.229 e. The molecule has 0 spiro atoms. The number of aliphatic hydroxyl groups is 1. The van der Waals surface area contributed by atoms with Gasteiger partial charge in [0.1, 0.15) is 18.0 Å². The van der Waals surface area contributed by atoms with E-state index < -0.39 is 22.2 Å². The lowest BCUT2D eigenvalue weighted by Gasteiger charge is -2.37. The topological polar surface area (TPSA) is 127 Å². The zero-order valence-electron chi connectivity index (χ0n) is 17.0. The number of fused-ring (bicyclic) bond motifs is 3. The molecule has 2 aliphatic heterocycles. The molecule has 1 saturated heterocycles. The summed E-state index contributed by atoms with van der Waals surface area (Å²) >= 11 is 0. The van der Waals surface area contributed by atoms with Gasteiger partial charge in [-0.25, -0.2) is 8.42 Å². The summed E-state index contributed by atoms with van der Waals surface area (Å²) in [5, 5.41) is 12.7. The Labute approximate surface area is 180 Å². The van der Waals surface area contributed by atoms with Gasteiger partial charge in [-0.2, -0.15) is 0 Å². The summed E-state index contributed by atoms with van der Waals surface area (Å²) < 4.78 is 37.6. The fraction of sp³-hybridized carbons (Fsp3) is 0.429. The van der Waals surface area contributed by atoms with Gasteiger partial charge in [-0.15, -0.1) is 0 Å². The number of pyridine rings is 1. The summed E-state index contributed by atoms with van der Waals surface area (Å²) in [4.78, 5) is 16.6. The van der Waals surface area contributed by atoms with Crippen molar-refractivity contribution in [2.24, 2.45) is 0 Å². The third-order valence-electron chi connectivity index (χ3n) is 5.41. The summed E-state index contributed by atoms with van der Waals surface area (Å²) in [6.45, 7) is 0.0873. The molecular formula is C21H25N3O6S. The number of aliphatic hydroxyl groups excluding tert-OH is 1. The van der Waals surface area contributed by atoms with Crippen LogP contribution in [0.4, 0.5) is 5.69 Å². The average Bonchev–Trinajstić information content (AvgIpc) is 3.09. The average molecular weight is 448 g/mol. The van der Waals surface area contributed by atoms with Gasteiger partial charge < -0.3 is 19.9 Å². The maximum absolute atomic E-state index is 12.4. The second-order valence-electron chi connectivity index (χ2n) is 7.83. The standard InChI is InChI=1S/C21H25N3O6S/c1-31(27,28)24-13-5-6-18-16(8-13)17-9-15(29-19(12-25)21(17)30-18)10-20(26)23-11-14-4-2-3-7-22-14/h2-8,15,17,19,21,24-25H,9-12H2,1H3,(H,23,26)/t15-,17-,19-,21+/m1/s1. The molecule has 31 heavy (non-hydrogen) atoms. The first-order valence-corrected chi connectivity index (χ1v) is 11.9. The Hall–Kier alpha value is -2.69. The number of anilines is 1. The number of benzene rings is 1. The molecule has 166 valence electrons. The quantitative estimate of drug-likeness (QED) is 0.581. The third-order valence-corrected chi connectivity index (χ3v) is 6.01. The van der Waals surface area contributed by atoms with E-state index in [2.05, 4.69) is 15.0 Å². The lowest BCUT2D eigenvalue weighted by molar-refractivity contribution is -0.142. The molecule has 0 saturated carbocycles. The second kappa shape index (κ2) is 8.81. The monoisotopic (exact) mass is 447 g/mol. The summed E-state index contributed by atoms with van der Waals surface area (Å²) in [5.41, 5.74) is 2.05. The molecule has 9 nitrogen and oxygen atoms in total. The molecule has 2 aliphatic rings. The normalized spacial score (nSPS) is 24.6. The molecule has 0 radical (unpaired) electrons. The van der Waals surface area contributed by atoms with E-state index in [1.807, 2.05) is 18.2 Å². The van der Waals surface area contributed by atoms with Crippen LogP contribution < -0.4 is 14.8 Å². The third kappa shape index (κ3) is 5.15. The van der Waals surface area contributed by atoms with E-state index in [-0.39, 0.29) is 31.0 Å². The molecule has 0 bridgehead atoms. The van der Waals surface area contributed by atoms with Crippen LogP contribution in [0.1, 0.15) is 30.0 Å². The lowest BCUT2D eigenvalue weighted by atomic mass is 9.84. The number of carbonyl (C=O) groups excluding carboxylic acids is 1. The van der Waals surface area contributed by atoms with Crippen LogP contribution >= 0.6 is 0 Å². The first kappa shape index (κ1) is 21.5. The van der Waals surface area contributed by atoms with Crippen molar-refractivity contribution in [3.8, 4) is 5.75 Å². The van der Waals surface area contributed by atoms with Crippen molar-refractivity contribution < 1.29 is 27.8 Å². The molecule has 4 rings (SSSR count). The molecule has 0 unspecified atom stereocenters. The highest BCUT2D eigenvalue weighted by Crippen LogP contribution is 2.47. The van der Waals surface area contributed by atoms with Crippen molar-refractivity contribution in [1.82, 2.24) is 10.3 Å². The number of nitrogens with zero attached hydrogens (tertiary/aromatic N) is 1. The molecule has 2 aromatic rings. The van der Waals surface area contributed by atoms with Gasteiger partial charge in [-0.05, 0) is 36.8 Å². The fourth-order valence-electron chi connectivity index (χ4n) is 4.14. The Morgan fingerprint density at radius 1 is 1.29 bits per heavy atom. The van der Waals surface area contributed by atoms with Gasteiger partial charge in [-0.3, -0.25) is 14.5 Å². The van der Waals surface area contributed by atoms with Gasteiger partial charge in [0.05, 0.1) is 37.6 Å². The molecule has 1 amide bonds. The maximum atomic E-state index is 12.4. The molecule has 1 fully saturated rings. The van der Waals surface area contributed by atoms with E-state index in [4.69, 9.17) is 9.47 Å². The highest BCUT2D eigenvalue weighted by molar-refractivity contribution is 7.92. The van der Waals surface area contributed by atoms with Crippen molar-refractivity contribution in [3.63, 3.8) is 0 Å². The van der Waals surface area contributed by atoms with E-state index >= 15 is 0 Å². The van der Waals surface area contributed by atoms with Crippen LogP contribution in [0.15, 0.2) is 42.6 Å². The number of rotatable bonds is 7. The zero-order valence-corrected chi connectivity index (χ0v) is 17.8. The number of hydrogen-bond donors (Lipinski definition) is 3. The van der Waals surface area contributed by atoms with Gasteiger partial charge in [0, 0.05) is 23.4 Å². The van der Waals surface area contributed by atoms with Crippen molar-refractivity contribution in [2.45, 2.75) is 43.6 Å². The molecule has 0 aliphatic carbocycles. The van der Waals surface area contributed by atoms with Crippen molar-refractivity contribution in [3.05, 3.63) is 53.9 Å². The summed E-state index contributed by atoms with van der Waals surface area (Å²) in [7, 11) is -3.41. The Morgan fingerprint density at radius 2 is 2.13 bits per heavy atom. The minimum Gasteiger partial charge on any atom is -0.487 e. The number of ether oxygens (including phenoxy) is 2. The van der Waals surface area contributed by atoms with Crippen LogP contribution in [0.3, 0.4) is 0 Å². The number of nitrogens with one attached hydrogen (secondary N) is 2. The van der Waals surface area contributed by atoms with Crippen molar-refractivity contribution in [1.29, 1.82) is 0 Å². The van der Waals surface area contributed by atoms with E-state index in [0.717, 1.165) is 17.5 Å². The minimum atomic E-state index is -3.41. The number of aromatic nitrogens is 1. The van der Waals surface area contributed by atoms with Crippen molar-refractivity contribution in [2.75, 3.05) is 17.6 Å². The van der Waals surface area contributed by atoms with E-state index in [0.29, 0.717) is 24.4 Å². The zero-order chi connectivity index (χ0) is 22.0. The Bertz CT molecular complexity index is 1050. The number of amides is 1. The summed E-state index contributed by atoms with van der Waals surface area (Å²) in [5.74, 6) is 0.351. The van der Waals surface area contributed by atoms with Crippen LogP contribution in [-0.2, 0) is 26.1 Å². The van der Waals surface area contributed by atoms with Gasteiger partial charge in [-0.1, -0.05) is 6.07 Å². The molecule has 3 N–H and O–H groups in total. The Morgan fingerprint density at radius 3 is 2.84 bits per heavy atom. The van der Waals surface area contributed by atoms with Gasteiger partial charge >= 0.3 is 0 Å². The van der Waals surface area contributed by atoms with E-state index in [1.165, 1.54) is 0 Å². The van der Waals surface area contributed by atoms with E-state index in [1.54, 1.807) is 24.4 Å². The second-order valence-corrected chi connectivity index (χ2v) is 9.58. The molecular weight excluding hydrogens is 422 g/mol. The molecule has 10 heteroatoms. The lowest BCUT2D eigenvalue weighted by Crippen LogP contribution is -2.47. The van der Waals surface area contributed by atoms with Crippen LogP contribution in [-0.4, -0.2) is 55.6 Å². The number of sulfonamides is 1. The van der Waals surface area contributed by atoms with Crippen LogP contribution in [0.25, 0.3) is 0 Å². The van der Waals surface area contributed by atoms with Gasteiger partial charge in [0.2, 0.25) is 15.9 Å². The van der Waals surface area contributed by atoms with Crippen LogP contribution in [0.5, 0.6) is 5.75 Å². The largest absolute Gasteiger partial charge is 0.487 e. The highest BCUT2D eigenvalue weighted by atomic mass is 32.2. The molecule has 4 atom stereocenters. The first-order valence-electron chi connectivity index (χ1n) is 10.0. The minimum absolute atomic E-state index is 0.115. The Balaban J connectivity index is 1.45. The summed E-state index contributed by atoms with van der Waals surface area (Å²) in [6, 6.07) is 10.6. The Kier molecular flexibility index (Phi) is 6.12. The van der Waals surface area contributed by atoms with Crippen LogP contribution in [0.2, 0.25) is 0 Å². The molecule has 3 heterocycles. The predicted octanol–water partition coefficient (Wildman–Crippen LogP) is 1.15. The fourth-order valence-corrected chi connectivity index (χ4v) is 4.69. The molecule has 1 aromatic heterocycles. The van der Waals surface area contributed by atoms with Gasteiger partial charge in [0.15, 0.2) is 0 Å². The SMILES string of the molecule is CS(=O)(=O)Nc1ccc2c(c1)[C@H]1C[C@H](CC(=O)NCc3ccccn3)O[C@H](CO)[C@H]1O2. The van der Waals surface area contributed by atoms with Crippen molar-refractivity contribution >= 4 is 21.6 Å². The predicted molar refractivity (Wildman–Crippen MR) is 113 cm³/mol. The van der Waals surface area contributed by atoms with E-state index in [9.17, 15) is 18.3 Å². The highest BCUT2D eigenvalue weighted by Gasteiger charge is 2.46. The van der Waals surface area contributed by atoms with Crippen LogP contribution in [0, 0.1) is 0 Å². The first-order chi connectivity index (χ1) is 14.8. The van der Waals surface area contributed by atoms with Gasteiger partial charge in [0.25, 0.3) is 0 Å². The summed E-state index contributed by atoms with van der Waals surface area (Å²) in [6.07, 6.45) is 2.06. The number of hydrogen-bond acceptors (Lipinski definition) is 7. The smallest absolute Gasteiger partial charge is 0.229 e. The molecule has 1 aromatic carbocycles.